The number of nitrogens with one attached hydrogen (secondary N) is 1. The molecule has 0 aliphatic heterocycles. The zero-order chi connectivity index (χ0) is 13.5. The van der Waals surface area contributed by atoms with Crippen LogP contribution in [0.5, 0.6) is 0 Å². The molecular weight excluding hydrogens is 234 g/mol. The van der Waals surface area contributed by atoms with E-state index in [2.05, 4.69) is 52.6 Å². The van der Waals surface area contributed by atoms with Gasteiger partial charge in [0.15, 0.2) is 0 Å². The zero-order valence-electron chi connectivity index (χ0n) is 11.6. The lowest BCUT2D eigenvalue weighted by Crippen LogP contribution is -2.32. The Morgan fingerprint density at radius 1 is 1.11 bits per heavy atom. The molecule has 0 aliphatic rings. The molecule has 2 rings (SSSR count). The van der Waals surface area contributed by atoms with Crippen molar-refractivity contribution in [3.05, 3.63) is 66.0 Å². The summed E-state index contributed by atoms with van der Waals surface area (Å²) in [6.07, 6.45) is 1.86. The summed E-state index contributed by atoms with van der Waals surface area (Å²) in [6.45, 7) is 1.94. The second-order valence-corrected chi connectivity index (χ2v) is 4.65. The summed E-state index contributed by atoms with van der Waals surface area (Å²) < 4.78 is 0. The number of pyridine rings is 1. The molecule has 19 heavy (non-hydrogen) atoms. The lowest BCUT2D eigenvalue weighted by Gasteiger charge is -2.28. The van der Waals surface area contributed by atoms with Crippen molar-refractivity contribution in [1.82, 2.24) is 15.2 Å². The third kappa shape index (κ3) is 3.63. The average molecular weight is 255 g/mol. The van der Waals surface area contributed by atoms with E-state index in [1.165, 1.54) is 5.56 Å². The largest absolute Gasteiger partial charge is 0.318 e. The summed E-state index contributed by atoms with van der Waals surface area (Å²) in [6, 6.07) is 16.8. The van der Waals surface area contributed by atoms with Gasteiger partial charge in [0.05, 0.1) is 11.7 Å². The molecule has 0 radical (unpaired) electrons. The smallest absolute Gasteiger partial charge is 0.0774 e. The Bertz CT molecular complexity index is 430. The van der Waals surface area contributed by atoms with E-state index in [4.69, 9.17) is 0 Å². The van der Waals surface area contributed by atoms with Gasteiger partial charge in [0.25, 0.3) is 0 Å². The highest BCUT2D eigenvalue weighted by molar-refractivity contribution is 5.27. The van der Waals surface area contributed by atoms with E-state index >= 15 is 0 Å². The standard InChI is InChI=1S/C16H21N3/c1-17-12-13-19(2)16(14-8-4-3-5-9-14)15-10-6-7-11-18-15/h3-11,16-17H,12-13H2,1-2H3. The van der Waals surface area contributed by atoms with Gasteiger partial charge >= 0.3 is 0 Å². The summed E-state index contributed by atoms with van der Waals surface area (Å²) in [7, 11) is 4.12. The number of aromatic nitrogens is 1. The molecule has 3 heteroatoms. The van der Waals surface area contributed by atoms with Crippen LogP contribution in [-0.4, -0.2) is 37.1 Å². The molecule has 0 fully saturated rings. The molecule has 100 valence electrons. The van der Waals surface area contributed by atoms with Gasteiger partial charge in [0.1, 0.15) is 0 Å². The van der Waals surface area contributed by atoms with Gasteiger partial charge in [0, 0.05) is 19.3 Å². The molecule has 0 aliphatic carbocycles. The van der Waals surface area contributed by atoms with Crippen LogP contribution in [0.3, 0.4) is 0 Å². The van der Waals surface area contributed by atoms with Crippen molar-refractivity contribution in [3.8, 4) is 0 Å². The van der Waals surface area contributed by atoms with Crippen molar-refractivity contribution < 1.29 is 0 Å². The fourth-order valence-electron chi connectivity index (χ4n) is 2.24. The second-order valence-electron chi connectivity index (χ2n) is 4.65. The van der Waals surface area contributed by atoms with Gasteiger partial charge in [0.2, 0.25) is 0 Å². The predicted octanol–water partition coefficient (Wildman–Crippen LogP) is 2.32. The lowest BCUT2D eigenvalue weighted by atomic mass is 10.0. The van der Waals surface area contributed by atoms with Gasteiger partial charge in [-0.2, -0.15) is 0 Å². The quantitative estimate of drug-likeness (QED) is 0.858. The molecular formula is C16H21N3. The van der Waals surface area contributed by atoms with Crippen LogP contribution in [0, 0.1) is 0 Å². The van der Waals surface area contributed by atoms with Gasteiger partial charge in [-0.15, -0.1) is 0 Å². The highest BCUT2D eigenvalue weighted by Crippen LogP contribution is 2.25. The first-order chi connectivity index (χ1) is 9.33. The Labute approximate surface area is 115 Å². The molecule has 1 aromatic carbocycles. The first-order valence-electron chi connectivity index (χ1n) is 6.63. The van der Waals surface area contributed by atoms with Gasteiger partial charge in [-0.25, -0.2) is 0 Å². The molecule has 3 nitrogen and oxygen atoms in total. The Balaban J connectivity index is 2.29. The minimum absolute atomic E-state index is 0.204. The topological polar surface area (TPSA) is 28.2 Å². The normalized spacial score (nSPS) is 12.6. The number of hydrogen-bond acceptors (Lipinski definition) is 3. The maximum absolute atomic E-state index is 4.52. The second kappa shape index (κ2) is 7.02. The maximum Gasteiger partial charge on any atom is 0.0774 e. The Morgan fingerprint density at radius 2 is 1.84 bits per heavy atom. The molecule has 1 N–H and O–H groups in total. The van der Waals surface area contributed by atoms with Crippen LogP contribution in [-0.2, 0) is 0 Å². The van der Waals surface area contributed by atoms with E-state index in [0.717, 1.165) is 18.8 Å². The molecule has 1 heterocycles. The van der Waals surface area contributed by atoms with Crippen molar-refractivity contribution in [1.29, 1.82) is 0 Å². The van der Waals surface area contributed by atoms with Crippen molar-refractivity contribution in [2.45, 2.75) is 6.04 Å². The first kappa shape index (κ1) is 13.7. The lowest BCUT2D eigenvalue weighted by molar-refractivity contribution is 0.276. The van der Waals surface area contributed by atoms with Crippen molar-refractivity contribution in [2.75, 3.05) is 27.2 Å². The van der Waals surface area contributed by atoms with Crippen molar-refractivity contribution in [3.63, 3.8) is 0 Å². The summed E-state index contributed by atoms with van der Waals surface area (Å²) in [5, 5.41) is 3.19. The van der Waals surface area contributed by atoms with Crippen molar-refractivity contribution in [2.24, 2.45) is 0 Å². The minimum Gasteiger partial charge on any atom is -0.318 e. The van der Waals surface area contributed by atoms with E-state index < -0.39 is 0 Å². The zero-order valence-corrected chi connectivity index (χ0v) is 11.6. The monoisotopic (exact) mass is 255 g/mol. The van der Waals surface area contributed by atoms with E-state index in [1.54, 1.807) is 0 Å². The summed E-state index contributed by atoms with van der Waals surface area (Å²) in [5.74, 6) is 0. The van der Waals surface area contributed by atoms with Gasteiger partial charge in [-0.1, -0.05) is 36.4 Å². The van der Waals surface area contributed by atoms with Crippen LogP contribution in [0.2, 0.25) is 0 Å². The molecule has 0 saturated carbocycles. The Morgan fingerprint density at radius 3 is 2.47 bits per heavy atom. The number of rotatable bonds is 6. The number of hydrogen-bond donors (Lipinski definition) is 1. The van der Waals surface area contributed by atoms with E-state index in [-0.39, 0.29) is 6.04 Å². The fraction of sp³-hybridized carbons (Fsp3) is 0.312. The summed E-state index contributed by atoms with van der Waals surface area (Å²) >= 11 is 0. The van der Waals surface area contributed by atoms with Gasteiger partial charge < -0.3 is 5.32 Å². The van der Waals surface area contributed by atoms with Crippen molar-refractivity contribution >= 4 is 0 Å². The molecule has 0 amide bonds. The van der Waals surface area contributed by atoms with Crippen LogP contribution < -0.4 is 5.32 Å². The maximum atomic E-state index is 4.52. The van der Waals surface area contributed by atoms with Crippen LogP contribution >= 0.6 is 0 Å². The first-order valence-corrected chi connectivity index (χ1v) is 6.63. The molecule has 0 bridgehead atoms. The molecule has 0 spiro atoms. The van der Waals surface area contributed by atoms with Crippen LogP contribution in [0.15, 0.2) is 54.7 Å². The molecule has 2 aromatic rings. The molecule has 1 unspecified atom stereocenters. The summed E-state index contributed by atoms with van der Waals surface area (Å²) in [5.41, 5.74) is 2.37. The van der Waals surface area contributed by atoms with Crippen LogP contribution in [0.1, 0.15) is 17.3 Å². The predicted molar refractivity (Wildman–Crippen MR) is 79.1 cm³/mol. The van der Waals surface area contributed by atoms with Gasteiger partial charge in [-0.05, 0) is 31.8 Å². The number of benzene rings is 1. The highest BCUT2D eigenvalue weighted by atomic mass is 15.1. The molecule has 0 saturated heterocycles. The Kier molecular flexibility index (Phi) is 5.07. The van der Waals surface area contributed by atoms with Crippen LogP contribution in [0.4, 0.5) is 0 Å². The number of nitrogens with zero attached hydrogens (tertiary/aromatic N) is 2. The van der Waals surface area contributed by atoms with Crippen LogP contribution in [0.25, 0.3) is 0 Å². The molecule has 1 aromatic heterocycles. The molecule has 1 atom stereocenters. The highest BCUT2D eigenvalue weighted by Gasteiger charge is 2.19. The third-order valence-corrected chi connectivity index (χ3v) is 3.24. The van der Waals surface area contributed by atoms with E-state index in [1.807, 2.05) is 31.4 Å². The average Bonchev–Trinajstić information content (AvgIpc) is 2.47. The van der Waals surface area contributed by atoms with Gasteiger partial charge in [-0.3, -0.25) is 9.88 Å². The van der Waals surface area contributed by atoms with E-state index in [9.17, 15) is 0 Å². The Hall–Kier alpha value is -1.71. The minimum atomic E-state index is 0.204. The van der Waals surface area contributed by atoms with E-state index in [0.29, 0.717) is 0 Å². The number of likely N-dealkylation sites (N-methyl/N-ethyl adjacent to an activating group) is 2. The third-order valence-electron chi connectivity index (χ3n) is 3.24. The SMILES string of the molecule is CNCCN(C)C(c1ccccc1)c1ccccn1. The summed E-state index contributed by atoms with van der Waals surface area (Å²) in [4.78, 5) is 6.85. The fourth-order valence-corrected chi connectivity index (χ4v) is 2.24.